The maximum Gasteiger partial charge on any atom is 0.407 e. The first-order chi connectivity index (χ1) is 60.4. The second kappa shape index (κ2) is 68.6. The highest BCUT2D eigenvalue weighted by Crippen LogP contribution is 2.41. The summed E-state index contributed by atoms with van der Waals surface area (Å²) in [5, 5.41) is 97.5. The summed E-state index contributed by atoms with van der Waals surface area (Å²) in [5.41, 5.74) is -0.209. The number of hydrogen-bond donors (Lipinski definition) is 12. The number of Topliss-reactive ketones (excluding diaryl/α,β-unsaturated/α-hetero) is 3. The summed E-state index contributed by atoms with van der Waals surface area (Å²) in [5.74, 6) is -0.957. The number of carbonyl (C=O) groups is 9. The van der Waals surface area contributed by atoms with Crippen LogP contribution in [-0.4, -0.2) is 333 Å². The zero-order valence-corrected chi connectivity index (χ0v) is 78.5. The van der Waals surface area contributed by atoms with E-state index >= 15 is 0 Å². The number of alkyl carbamates (subject to hydrolysis) is 1. The van der Waals surface area contributed by atoms with Crippen LogP contribution < -0.4 is 16.0 Å². The van der Waals surface area contributed by atoms with Gasteiger partial charge in [-0.25, -0.2) is 4.79 Å². The number of methoxy groups -OCH3 is 2. The molecule has 0 aromatic carbocycles. The fourth-order valence-electron chi connectivity index (χ4n) is 15.1. The molecule has 0 radical (unpaired) electrons. The van der Waals surface area contributed by atoms with Crippen molar-refractivity contribution in [1.29, 1.82) is 0 Å². The van der Waals surface area contributed by atoms with Crippen LogP contribution in [-0.2, 0) is 99.9 Å². The Morgan fingerprint density at radius 2 is 0.857 bits per heavy atom. The van der Waals surface area contributed by atoms with Crippen LogP contribution in [0.1, 0.15) is 260 Å². The molecule has 4 saturated heterocycles. The van der Waals surface area contributed by atoms with Crippen molar-refractivity contribution in [2.75, 3.05) is 139 Å². The van der Waals surface area contributed by atoms with Crippen molar-refractivity contribution >= 4 is 74.7 Å². The van der Waals surface area contributed by atoms with E-state index in [0.29, 0.717) is 194 Å². The number of hydrogen-bond acceptors (Lipinski definition) is 33. The number of rotatable bonds is 71. The Labute approximate surface area is 755 Å². The van der Waals surface area contributed by atoms with E-state index < -0.39 is 117 Å². The van der Waals surface area contributed by atoms with E-state index in [-0.39, 0.29) is 135 Å². The monoisotopic (exact) mass is 1850 g/mol. The zero-order valence-electron chi connectivity index (χ0n) is 76.9. The van der Waals surface area contributed by atoms with Crippen LogP contribution in [0.3, 0.4) is 0 Å². The van der Waals surface area contributed by atoms with Gasteiger partial charge in [0.05, 0.1) is 123 Å². The molecule has 0 bridgehead atoms. The number of likely N-dealkylation sites (tertiary alicyclic amines) is 1. The number of aliphatic hydroxyl groups is 9. The molecule has 126 heavy (non-hydrogen) atoms. The van der Waals surface area contributed by atoms with Crippen molar-refractivity contribution in [3.63, 3.8) is 0 Å². The minimum atomic E-state index is -1.21. The Hall–Kier alpha value is -4.43. The Bertz CT molecular complexity index is 2760. The lowest BCUT2D eigenvalue weighted by molar-refractivity contribution is -0.282. The third-order valence-corrected chi connectivity index (χ3v) is 26.7. The van der Waals surface area contributed by atoms with Crippen LogP contribution in [0, 0.1) is 23.2 Å². The zero-order chi connectivity index (χ0) is 93.1. The maximum absolute atomic E-state index is 12.7. The molecule has 12 N–H and O–H groups in total. The molecular formula is C89H160N4O31S2. The van der Waals surface area contributed by atoms with Crippen molar-refractivity contribution < 1.29 is 151 Å². The number of carbonyl (C=O) groups excluding carboxylic acids is 9. The smallest absolute Gasteiger partial charge is 0.407 e. The van der Waals surface area contributed by atoms with Gasteiger partial charge in [-0.1, -0.05) is 75.0 Å². The van der Waals surface area contributed by atoms with E-state index in [1.165, 1.54) is 0 Å². The third-order valence-electron chi connectivity index (χ3n) is 23.4. The van der Waals surface area contributed by atoms with Gasteiger partial charge in [-0.3, -0.25) is 38.4 Å². The van der Waals surface area contributed by atoms with E-state index in [4.69, 9.17) is 61.6 Å². The molecule has 4 amide bonds. The number of ketones is 3. The molecule has 4 aliphatic heterocycles. The van der Waals surface area contributed by atoms with Crippen molar-refractivity contribution in [3.05, 3.63) is 0 Å². The van der Waals surface area contributed by atoms with Crippen LogP contribution in [0.15, 0.2) is 0 Å². The summed E-state index contributed by atoms with van der Waals surface area (Å²) < 4.78 is 72.1. The largest absolute Gasteiger partial charge is 0.466 e. The van der Waals surface area contributed by atoms with Gasteiger partial charge < -0.3 is 128 Å². The fourth-order valence-corrected chi connectivity index (χ4v) is 17.6. The molecule has 37 heteroatoms. The maximum atomic E-state index is 12.7. The molecule has 17 atom stereocenters. The average Bonchev–Trinajstić information content (AvgIpc) is 1.33. The number of nitrogens with one attached hydrogen (secondary N) is 3. The molecule has 4 heterocycles. The van der Waals surface area contributed by atoms with Crippen molar-refractivity contribution in [1.82, 2.24) is 20.9 Å². The van der Waals surface area contributed by atoms with Crippen molar-refractivity contribution in [3.8, 4) is 0 Å². The molecule has 0 aliphatic carbocycles. The number of ether oxygens (including phenoxy) is 13. The van der Waals surface area contributed by atoms with Crippen LogP contribution in [0.2, 0.25) is 0 Å². The normalized spacial score (nSPS) is 24.8. The standard InChI is InChI=1S/C63H113N3O24.C26H47NO7S2/c1-5-63(27-18-36-82-51(73)25-10-7-12-30-64-49(71)23-16-34-85-60-43(3)54(76)57(79)47(40-68)89-60,28-19-37-83-52(74)26-11-8-13-31-65-50(72)24-17-35-86-61-44(4)55(77)58(80)48(41-69)90-61)29-20-38-87-62(81)66-32-14-6-9-21-45(70)22-15-33-84-59-42(2)53(75)56(78)46(39-67)88-59;1-21(28)11-13-33-14-15-34-16-17-35-36-26(2,3)12-10-23(29)8-6-7-9-25(30)27-19-24(32-5)18-22(27)20-31-4/h42-44,46-48,53-61,67-69,75-80H,5-41H2,1-4H3,(H,64,71)(H,65,72)(H,66,81);22,24H,6-20H2,1-5H3/t;22-,24+/m.1/s1. The molecular weight excluding hydrogens is 1690 g/mol. The van der Waals surface area contributed by atoms with Crippen molar-refractivity contribution in [2.24, 2.45) is 23.2 Å². The van der Waals surface area contributed by atoms with E-state index in [2.05, 4.69) is 36.7 Å². The molecule has 4 rings (SSSR count). The van der Waals surface area contributed by atoms with Gasteiger partial charge in [-0.15, -0.1) is 0 Å². The molecule has 4 fully saturated rings. The van der Waals surface area contributed by atoms with E-state index in [1.54, 1.807) is 63.5 Å². The summed E-state index contributed by atoms with van der Waals surface area (Å²) in [6.07, 6.45) is 6.10. The second-order valence-electron chi connectivity index (χ2n) is 34.3. The lowest BCUT2D eigenvalue weighted by Crippen LogP contribution is -2.55. The first kappa shape index (κ1) is 116. The average molecular weight is 1850 g/mol. The highest BCUT2D eigenvalue weighted by molar-refractivity contribution is 8.77. The molecule has 4 aliphatic rings. The van der Waals surface area contributed by atoms with Gasteiger partial charge in [0.2, 0.25) is 17.7 Å². The SMILES string of the molecule is CCC(CCCOC(=O)CCCCCNC(=O)CCCOC1OC(CO)C(O)C(O)C1C)(CCCOC(=O)CCCCCNC(=O)CCCOC1OC(CO)C(O)C(O)C1C)CCCOC(=O)NCCCCCC(=O)CCCOC1OC(CO)C(O)C(O)C1C.COC[C@H]1C[C@H](OC)CN1C(=O)CCCCC(=O)CCC(C)(C)SSCCOCCOCCC(C)=O. The number of aliphatic hydroxyl groups excluding tert-OH is 9. The second-order valence-corrected chi connectivity index (χ2v) is 37.4. The minimum Gasteiger partial charge on any atom is -0.466 e. The molecule has 0 aromatic rings. The molecule has 0 spiro atoms. The van der Waals surface area contributed by atoms with E-state index in [9.17, 15) is 89.1 Å². The minimum absolute atomic E-state index is 0.0100. The van der Waals surface area contributed by atoms with Crippen LogP contribution in [0.5, 0.6) is 0 Å². The molecule has 0 saturated carbocycles. The fraction of sp³-hybridized carbons (Fsp3) is 0.899. The lowest BCUT2D eigenvalue weighted by atomic mass is 9.73. The summed E-state index contributed by atoms with van der Waals surface area (Å²) in [6.45, 7) is 17.5. The first-order valence-corrected chi connectivity index (χ1v) is 48.5. The Balaban J connectivity index is 0.000000946. The molecule has 734 valence electrons. The van der Waals surface area contributed by atoms with Gasteiger partial charge >= 0.3 is 18.0 Å². The number of unbranched alkanes of at least 4 members (excludes halogenated alkanes) is 7. The Morgan fingerprint density at radius 3 is 1.30 bits per heavy atom. The highest BCUT2D eigenvalue weighted by Gasteiger charge is 2.45. The van der Waals surface area contributed by atoms with Gasteiger partial charge in [0.1, 0.15) is 54.0 Å². The van der Waals surface area contributed by atoms with Gasteiger partial charge in [0.15, 0.2) is 18.9 Å². The summed E-state index contributed by atoms with van der Waals surface area (Å²) in [6, 6.07) is 0.0795. The first-order valence-electron chi connectivity index (χ1n) is 46.2. The topological polar surface area (TPSA) is 495 Å². The summed E-state index contributed by atoms with van der Waals surface area (Å²) in [4.78, 5) is 113. The van der Waals surface area contributed by atoms with Crippen LogP contribution >= 0.6 is 21.6 Å². The van der Waals surface area contributed by atoms with Crippen molar-refractivity contribution in [2.45, 2.75) is 351 Å². The van der Waals surface area contributed by atoms with Gasteiger partial charge in [0, 0.05) is 133 Å². The van der Waals surface area contributed by atoms with E-state index in [0.717, 1.165) is 57.1 Å². The summed E-state index contributed by atoms with van der Waals surface area (Å²) >= 11 is 0. The summed E-state index contributed by atoms with van der Waals surface area (Å²) in [7, 11) is 6.89. The number of nitrogens with zero attached hydrogens (tertiary/aromatic N) is 1. The molecule has 35 nitrogen and oxygen atoms in total. The Morgan fingerprint density at radius 1 is 0.444 bits per heavy atom. The van der Waals surface area contributed by atoms with Gasteiger partial charge in [0.25, 0.3) is 0 Å². The quantitative estimate of drug-likeness (QED) is 0.0127. The molecule has 0 aromatic heterocycles. The number of esters is 2. The number of amides is 4. The van der Waals surface area contributed by atoms with Gasteiger partial charge in [-0.2, -0.15) is 0 Å². The Kier molecular flexibility index (Phi) is 63.0. The lowest BCUT2D eigenvalue weighted by Gasteiger charge is -2.40. The highest BCUT2D eigenvalue weighted by atomic mass is 33.1. The predicted octanol–water partition coefficient (Wildman–Crippen LogP) is 6.97. The third kappa shape index (κ3) is 49.3. The molecule has 15 unspecified atom stereocenters. The van der Waals surface area contributed by atoms with E-state index in [1.807, 2.05) is 4.90 Å². The van der Waals surface area contributed by atoms with Crippen LogP contribution in [0.25, 0.3) is 0 Å². The van der Waals surface area contributed by atoms with Gasteiger partial charge in [-0.05, 0) is 148 Å². The van der Waals surface area contributed by atoms with Crippen LogP contribution in [0.4, 0.5) is 4.79 Å². The predicted molar refractivity (Wildman–Crippen MR) is 471 cm³/mol.